The van der Waals surface area contributed by atoms with Gasteiger partial charge in [-0.05, 0) is 50.6 Å². The summed E-state index contributed by atoms with van der Waals surface area (Å²) in [6.07, 6.45) is 1.76. The third-order valence-corrected chi connectivity index (χ3v) is 5.92. The Morgan fingerprint density at radius 2 is 1.79 bits per heavy atom. The van der Waals surface area contributed by atoms with E-state index in [1.807, 2.05) is 61.5 Å². The first kappa shape index (κ1) is 19.5. The van der Waals surface area contributed by atoms with Crippen LogP contribution < -0.4 is 20.9 Å². The molecular formula is C23H28N4O2. The number of amides is 2. The van der Waals surface area contributed by atoms with Gasteiger partial charge in [-0.1, -0.05) is 42.5 Å². The summed E-state index contributed by atoms with van der Waals surface area (Å²) in [5.74, 6) is 0.0196. The van der Waals surface area contributed by atoms with Crippen molar-refractivity contribution in [2.24, 2.45) is 0 Å². The van der Waals surface area contributed by atoms with Crippen LogP contribution in [0.4, 0.5) is 11.4 Å². The third-order valence-electron chi connectivity index (χ3n) is 5.92. The smallest absolute Gasteiger partial charge is 0.252 e. The van der Waals surface area contributed by atoms with Crippen LogP contribution in [0, 0.1) is 0 Å². The molecule has 4 rings (SSSR count). The summed E-state index contributed by atoms with van der Waals surface area (Å²) in [5, 5.41) is 9.87. The van der Waals surface area contributed by atoms with Gasteiger partial charge in [0.2, 0.25) is 5.91 Å². The average Bonchev–Trinajstić information content (AvgIpc) is 2.75. The Kier molecular flexibility index (Phi) is 5.53. The van der Waals surface area contributed by atoms with Gasteiger partial charge in [0.1, 0.15) is 5.54 Å². The summed E-state index contributed by atoms with van der Waals surface area (Å²) >= 11 is 0. The van der Waals surface area contributed by atoms with Crippen LogP contribution in [0.5, 0.6) is 0 Å². The molecule has 1 atom stereocenters. The van der Waals surface area contributed by atoms with E-state index < -0.39 is 5.54 Å². The van der Waals surface area contributed by atoms with Crippen molar-refractivity contribution >= 4 is 23.2 Å². The summed E-state index contributed by atoms with van der Waals surface area (Å²) in [6, 6.07) is 17.7. The number of carbonyl (C=O) groups is 2. The molecule has 2 aromatic rings. The van der Waals surface area contributed by atoms with Crippen LogP contribution >= 0.6 is 0 Å². The minimum Gasteiger partial charge on any atom is -0.369 e. The highest BCUT2D eigenvalue weighted by Crippen LogP contribution is 2.38. The number of para-hydroxylation sites is 2. The summed E-state index contributed by atoms with van der Waals surface area (Å²) in [6.45, 7) is 3.97. The molecule has 0 aromatic heterocycles. The van der Waals surface area contributed by atoms with Gasteiger partial charge < -0.3 is 20.9 Å². The molecular weight excluding hydrogens is 364 g/mol. The zero-order chi connectivity index (χ0) is 20.3. The van der Waals surface area contributed by atoms with Crippen molar-refractivity contribution in [3.05, 3.63) is 60.2 Å². The predicted octanol–water partition coefficient (Wildman–Crippen LogP) is 2.83. The predicted molar refractivity (Wildman–Crippen MR) is 115 cm³/mol. The standard InChI is InChI=1S/C23H28N4O2/c1-17(18-7-3-2-4-8-18)25-21(28)11-16-27-20-10-6-5-9-19(20)26-23(22(27)29)12-14-24-15-13-23/h2-10,17,24,26H,11-16H2,1H3,(H,25,28)/t17-/m1/s1. The van der Waals surface area contributed by atoms with Gasteiger partial charge >= 0.3 is 0 Å². The van der Waals surface area contributed by atoms with Crippen molar-refractivity contribution in [3.63, 3.8) is 0 Å². The minimum atomic E-state index is -0.576. The molecule has 2 aromatic carbocycles. The Balaban J connectivity index is 1.46. The maximum atomic E-state index is 13.4. The molecule has 0 bridgehead atoms. The number of rotatable bonds is 5. The molecule has 3 N–H and O–H groups in total. The molecule has 6 heteroatoms. The van der Waals surface area contributed by atoms with E-state index in [9.17, 15) is 9.59 Å². The maximum Gasteiger partial charge on any atom is 0.252 e. The number of carbonyl (C=O) groups excluding carboxylic acids is 2. The van der Waals surface area contributed by atoms with E-state index >= 15 is 0 Å². The molecule has 0 aliphatic carbocycles. The Labute approximate surface area is 171 Å². The van der Waals surface area contributed by atoms with Gasteiger partial charge in [-0.25, -0.2) is 0 Å². The third kappa shape index (κ3) is 3.98. The second-order valence-corrected chi connectivity index (χ2v) is 7.88. The van der Waals surface area contributed by atoms with E-state index in [1.165, 1.54) is 0 Å². The number of anilines is 2. The van der Waals surface area contributed by atoms with Gasteiger partial charge in [0.15, 0.2) is 0 Å². The lowest BCUT2D eigenvalue weighted by molar-refractivity contribution is -0.124. The van der Waals surface area contributed by atoms with Gasteiger partial charge in [-0.15, -0.1) is 0 Å². The normalized spacial score (nSPS) is 18.7. The van der Waals surface area contributed by atoms with Crippen LogP contribution in [0.25, 0.3) is 0 Å². The highest BCUT2D eigenvalue weighted by molar-refractivity contribution is 6.08. The fraction of sp³-hybridized carbons (Fsp3) is 0.391. The van der Waals surface area contributed by atoms with Crippen LogP contribution in [0.2, 0.25) is 0 Å². The molecule has 0 saturated carbocycles. The van der Waals surface area contributed by atoms with Crippen LogP contribution in [0.15, 0.2) is 54.6 Å². The maximum absolute atomic E-state index is 13.4. The number of piperidine rings is 1. The van der Waals surface area contributed by atoms with E-state index in [1.54, 1.807) is 4.90 Å². The Bertz CT molecular complexity index is 877. The molecule has 6 nitrogen and oxygen atoms in total. The molecule has 2 aliphatic rings. The number of benzene rings is 2. The number of nitrogens with one attached hydrogen (secondary N) is 3. The van der Waals surface area contributed by atoms with Crippen molar-refractivity contribution in [2.45, 2.75) is 37.8 Å². The van der Waals surface area contributed by atoms with Crippen molar-refractivity contribution in [1.29, 1.82) is 0 Å². The number of fused-ring (bicyclic) bond motifs is 1. The lowest BCUT2D eigenvalue weighted by Gasteiger charge is -2.46. The van der Waals surface area contributed by atoms with Gasteiger partial charge in [-0.2, -0.15) is 0 Å². The summed E-state index contributed by atoms with van der Waals surface area (Å²) < 4.78 is 0. The number of nitrogens with zero attached hydrogens (tertiary/aromatic N) is 1. The highest BCUT2D eigenvalue weighted by Gasteiger charge is 2.46. The van der Waals surface area contributed by atoms with Crippen molar-refractivity contribution in [1.82, 2.24) is 10.6 Å². The number of hydrogen-bond acceptors (Lipinski definition) is 4. The topological polar surface area (TPSA) is 73.5 Å². The zero-order valence-electron chi connectivity index (χ0n) is 16.8. The molecule has 1 spiro atoms. The lowest BCUT2D eigenvalue weighted by atomic mass is 9.84. The van der Waals surface area contributed by atoms with E-state index in [0.29, 0.717) is 6.54 Å². The summed E-state index contributed by atoms with van der Waals surface area (Å²) in [5.41, 5.74) is 2.31. The molecule has 0 radical (unpaired) electrons. The summed E-state index contributed by atoms with van der Waals surface area (Å²) in [7, 11) is 0. The first-order valence-electron chi connectivity index (χ1n) is 10.3. The van der Waals surface area contributed by atoms with Crippen LogP contribution in [-0.4, -0.2) is 37.0 Å². The molecule has 2 amide bonds. The SMILES string of the molecule is C[C@@H](NC(=O)CCN1C(=O)C2(CCNCC2)Nc2ccccc21)c1ccccc1. The van der Waals surface area contributed by atoms with E-state index in [2.05, 4.69) is 16.0 Å². The largest absolute Gasteiger partial charge is 0.369 e. The van der Waals surface area contributed by atoms with Crippen LogP contribution in [-0.2, 0) is 9.59 Å². The van der Waals surface area contributed by atoms with Gasteiger partial charge in [0.05, 0.1) is 17.4 Å². The van der Waals surface area contributed by atoms with Crippen LogP contribution in [0.3, 0.4) is 0 Å². The molecule has 29 heavy (non-hydrogen) atoms. The molecule has 152 valence electrons. The molecule has 1 fully saturated rings. The first-order chi connectivity index (χ1) is 14.1. The average molecular weight is 393 g/mol. The second-order valence-electron chi connectivity index (χ2n) is 7.88. The molecule has 2 heterocycles. The quantitative estimate of drug-likeness (QED) is 0.732. The fourth-order valence-electron chi connectivity index (χ4n) is 4.26. The molecule has 1 saturated heterocycles. The molecule has 2 aliphatic heterocycles. The van der Waals surface area contributed by atoms with Gasteiger partial charge in [0.25, 0.3) is 5.91 Å². The van der Waals surface area contributed by atoms with Crippen molar-refractivity contribution in [3.8, 4) is 0 Å². The van der Waals surface area contributed by atoms with E-state index in [-0.39, 0.29) is 24.3 Å². The van der Waals surface area contributed by atoms with Crippen LogP contribution in [0.1, 0.15) is 37.8 Å². The lowest BCUT2D eigenvalue weighted by Crippen LogP contribution is -2.61. The first-order valence-corrected chi connectivity index (χ1v) is 10.3. The Hall–Kier alpha value is -2.86. The van der Waals surface area contributed by atoms with Crippen molar-refractivity contribution < 1.29 is 9.59 Å². The summed E-state index contributed by atoms with van der Waals surface area (Å²) in [4.78, 5) is 27.8. The van der Waals surface area contributed by atoms with E-state index in [4.69, 9.17) is 0 Å². The second kappa shape index (κ2) is 8.25. The number of hydrogen-bond donors (Lipinski definition) is 3. The minimum absolute atomic E-state index is 0.0514. The molecule has 0 unspecified atom stereocenters. The van der Waals surface area contributed by atoms with Crippen molar-refractivity contribution in [2.75, 3.05) is 29.9 Å². The van der Waals surface area contributed by atoms with Gasteiger partial charge in [0, 0.05) is 13.0 Å². The highest BCUT2D eigenvalue weighted by atomic mass is 16.2. The van der Waals surface area contributed by atoms with Gasteiger partial charge in [-0.3, -0.25) is 9.59 Å². The van der Waals surface area contributed by atoms with E-state index in [0.717, 1.165) is 42.9 Å². The Morgan fingerprint density at radius 1 is 1.10 bits per heavy atom. The Morgan fingerprint density at radius 3 is 2.55 bits per heavy atom. The fourth-order valence-corrected chi connectivity index (χ4v) is 4.26. The monoisotopic (exact) mass is 392 g/mol. The zero-order valence-corrected chi connectivity index (χ0v) is 16.8.